The summed E-state index contributed by atoms with van der Waals surface area (Å²) in [6, 6.07) is 21.3. The number of nitrogens with one attached hydrogen (secondary N) is 1. The molecule has 0 atom stereocenters. The lowest BCUT2D eigenvalue weighted by Gasteiger charge is -2.22. The topological polar surface area (TPSA) is 90.3 Å². The van der Waals surface area contributed by atoms with Crippen LogP contribution in [-0.4, -0.2) is 25.2 Å². The number of nitriles is 1. The number of amides is 1. The van der Waals surface area contributed by atoms with Gasteiger partial charge < -0.3 is 5.32 Å². The Kier molecular flexibility index (Phi) is 6.51. The maximum Gasteiger partial charge on any atom is 0.243 e. The predicted molar refractivity (Wildman–Crippen MR) is 127 cm³/mol. The van der Waals surface area contributed by atoms with Gasteiger partial charge in [-0.2, -0.15) is 9.57 Å². The maximum absolute atomic E-state index is 13.3. The van der Waals surface area contributed by atoms with Crippen molar-refractivity contribution in [2.24, 2.45) is 0 Å². The molecule has 3 aromatic carbocycles. The van der Waals surface area contributed by atoms with Gasteiger partial charge in [-0.1, -0.05) is 42.0 Å². The summed E-state index contributed by atoms with van der Waals surface area (Å²) in [7, 11) is -3.99. The Morgan fingerprint density at radius 2 is 1.65 bits per heavy atom. The quantitative estimate of drug-likeness (QED) is 0.517. The fraction of sp³-hybridized carbons (Fsp3) is 0.231. The lowest BCUT2D eigenvalue weighted by molar-refractivity contribution is -0.116. The predicted octanol–water partition coefficient (Wildman–Crippen LogP) is 4.52. The minimum Gasteiger partial charge on any atom is -0.325 e. The van der Waals surface area contributed by atoms with E-state index in [1.807, 2.05) is 19.1 Å². The van der Waals surface area contributed by atoms with Gasteiger partial charge in [0.2, 0.25) is 15.9 Å². The van der Waals surface area contributed by atoms with Crippen molar-refractivity contribution >= 4 is 21.6 Å². The monoisotopic (exact) mass is 477 g/mol. The first-order chi connectivity index (χ1) is 16.2. The molecule has 0 unspecified atom stereocenters. The zero-order valence-corrected chi connectivity index (χ0v) is 19.5. The second-order valence-electron chi connectivity index (χ2n) is 8.53. The summed E-state index contributed by atoms with van der Waals surface area (Å²) in [6.45, 7) is 1.35. The van der Waals surface area contributed by atoms with E-state index in [0.717, 1.165) is 28.3 Å². The van der Waals surface area contributed by atoms with Gasteiger partial charge in [0, 0.05) is 12.2 Å². The Morgan fingerprint density at radius 1 is 1.03 bits per heavy atom. The highest BCUT2D eigenvalue weighted by atomic mass is 32.2. The smallest absolute Gasteiger partial charge is 0.243 e. The van der Waals surface area contributed by atoms with Gasteiger partial charge in [-0.25, -0.2) is 12.8 Å². The van der Waals surface area contributed by atoms with Crippen LogP contribution >= 0.6 is 0 Å². The molecule has 0 spiro atoms. The number of hydrogen-bond donors (Lipinski definition) is 1. The van der Waals surface area contributed by atoms with Crippen molar-refractivity contribution in [3.8, 4) is 6.07 Å². The molecule has 1 fully saturated rings. The molecule has 1 saturated carbocycles. The van der Waals surface area contributed by atoms with Crippen LogP contribution in [0.5, 0.6) is 0 Å². The zero-order valence-electron chi connectivity index (χ0n) is 18.7. The summed E-state index contributed by atoms with van der Waals surface area (Å²) in [4.78, 5) is 12.9. The third-order valence-electron chi connectivity index (χ3n) is 5.94. The summed E-state index contributed by atoms with van der Waals surface area (Å²) in [5, 5.41) is 12.1. The Labute approximate surface area is 198 Å². The highest BCUT2D eigenvalue weighted by Gasteiger charge is 2.44. The van der Waals surface area contributed by atoms with Crippen LogP contribution in [-0.2, 0) is 26.8 Å². The van der Waals surface area contributed by atoms with Gasteiger partial charge in [0.25, 0.3) is 0 Å². The van der Waals surface area contributed by atoms with Gasteiger partial charge in [0.05, 0.1) is 22.9 Å². The number of rotatable bonds is 8. The van der Waals surface area contributed by atoms with Crippen LogP contribution in [0.4, 0.5) is 10.1 Å². The van der Waals surface area contributed by atoms with Crippen LogP contribution in [0.25, 0.3) is 0 Å². The molecule has 34 heavy (non-hydrogen) atoms. The van der Waals surface area contributed by atoms with Crippen LogP contribution < -0.4 is 5.32 Å². The first-order valence-corrected chi connectivity index (χ1v) is 12.3. The van der Waals surface area contributed by atoms with Gasteiger partial charge in [-0.15, -0.1) is 0 Å². The SMILES string of the molecule is Cc1ccc(S(=O)(=O)N(CC(=O)Nc2ccc(C3(C#N)CC3)cc2)Cc2ccc(F)cc2)cc1. The lowest BCUT2D eigenvalue weighted by Crippen LogP contribution is -2.37. The van der Waals surface area contributed by atoms with Crippen molar-refractivity contribution in [2.45, 2.75) is 36.6 Å². The van der Waals surface area contributed by atoms with Crippen molar-refractivity contribution in [1.82, 2.24) is 4.31 Å². The molecule has 0 heterocycles. The van der Waals surface area contributed by atoms with E-state index in [9.17, 15) is 22.9 Å². The molecule has 1 aliphatic rings. The maximum atomic E-state index is 13.3. The van der Waals surface area contributed by atoms with Gasteiger partial charge >= 0.3 is 0 Å². The van der Waals surface area contributed by atoms with Crippen LogP contribution in [0, 0.1) is 24.1 Å². The molecule has 8 heteroatoms. The van der Waals surface area contributed by atoms with Gasteiger partial charge in [-0.3, -0.25) is 4.79 Å². The number of benzene rings is 3. The molecular formula is C26H24FN3O3S. The van der Waals surface area contributed by atoms with E-state index < -0.39 is 33.7 Å². The third-order valence-corrected chi connectivity index (χ3v) is 7.74. The summed E-state index contributed by atoms with van der Waals surface area (Å²) in [5.74, 6) is -0.936. The Balaban J connectivity index is 1.53. The molecule has 6 nitrogen and oxygen atoms in total. The first kappa shape index (κ1) is 23.6. The van der Waals surface area contributed by atoms with Crippen molar-refractivity contribution in [3.63, 3.8) is 0 Å². The van der Waals surface area contributed by atoms with Crippen LogP contribution in [0.3, 0.4) is 0 Å². The Hall–Kier alpha value is -3.54. The number of carbonyl (C=O) groups is 1. The average Bonchev–Trinajstić information content (AvgIpc) is 3.62. The Morgan fingerprint density at radius 3 is 2.21 bits per heavy atom. The molecular weight excluding hydrogens is 453 g/mol. The van der Waals surface area contributed by atoms with Gasteiger partial charge in [-0.05, 0) is 67.3 Å². The van der Waals surface area contributed by atoms with E-state index in [4.69, 9.17) is 0 Å². The van der Waals surface area contributed by atoms with Crippen molar-refractivity contribution in [1.29, 1.82) is 5.26 Å². The summed E-state index contributed by atoms with van der Waals surface area (Å²) < 4.78 is 41.1. The lowest BCUT2D eigenvalue weighted by atomic mass is 9.98. The molecule has 0 aromatic heterocycles. The number of carbonyl (C=O) groups excluding carboxylic acids is 1. The molecule has 1 N–H and O–H groups in total. The second kappa shape index (κ2) is 9.37. The van der Waals surface area contributed by atoms with Crippen LogP contribution in [0.2, 0.25) is 0 Å². The highest BCUT2D eigenvalue weighted by molar-refractivity contribution is 7.89. The highest BCUT2D eigenvalue weighted by Crippen LogP contribution is 2.47. The number of hydrogen-bond acceptors (Lipinski definition) is 4. The van der Waals surface area contributed by atoms with Crippen molar-refractivity contribution < 1.29 is 17.6 Å². The molecule has 0 bridgehead atoms. The fourth-order valence-corrected chi connectivity index (χ4v) is 5.09. The van der Waals surface area contributed by atoms with E-state index in [2.05, 4.69) is 11.4 Å². The third kappa shape index (κ3) is 5.16. The van der Waals surface area contributed by atoms with Crippen molar-refractivity contribution in [3.05, 3.63) is 95.3 Å². The standard InChI is InChI=1S/C26H24FN3O3S/c1-19-2-12-24(13-3-19)34(32,33)30(16-20-4-8-22(27)9-5-20)17-25(31)29-23-10-6-21(7-11-23)26(18-28)14-15-26/h2-13H,14-17H2,1H3,(H,29,31). The van der Waals surface area contributed by atoms with Crippen LogP contribution in [0.1, 0.15) is 29.5 Å². The van der Waals surface area contributed by atoms with Crippen LogP contribution in [0.15, 0.2) is 77.7 Å². The van der Waals surface area contributed by atoms with E-state index >= 15 is 0 Å². The fourth-order valence-electron chi connectivity index (χ4n) is 3.70. The number of anilines is 1. The van der Waals surface area contributed by atoms with E-state index in [-0.39, 0.29) is 11.4 Å². The zero-order chi connectivity index (χ0) is 24.3. The van der Waals surface area contributed by atoms with Crippen molar-refractivity contribution in [2.75, 3.05) is 11.9 Å². The number of aryl methyl sites for hydroxylation is 1. The minimum atomic E-state index is -3.99. The summed E-state index contributed by atoms with van der Waals surface area (Å²) in [5.41, 5.74) is 2.47. The average molecular weight is 478 g/mol. The molecule has 0 saturated heterocycles. The van der Waals surface area contributed by atoms with Gasteiger partial charge in [0.1, 0.15) is 5.82 Å². The number of sulfonamides is 1. The molecule has 174 valence electrons. The number of halogens is 1. The normalized spacial score (nSPS) is 14.4. The first-order valence-electron chi connectivity index (χ1n) is 10.8. The molecule has 0 radical (unpaired) electrons. The van der Waals surface area contributed by atoms with E-state index in [1.165, 1.54) is 36.4 Å². The summed E-state index contributed by atoms with van der Waals surface area (Å²) in [6.07, 6.45) is 1.65. The molecule has 0 aliphatic heterocycles. The molecule has 1 amide bonds. The molecule has 3 aromatic rings. The largest absolute Gasteiger partial charge is 0.325 e. The van der Waals surface area contributed by atoms with E-state index in [1.54, 1.807) is 24.3 Å². The van der Waals surface area contributed by atoms with Gasteiger partial charge in [0.15, 0.2) is 0 Å². The minimum absolute atomic E-state index is 0.0728. The number of nitrogens with zero attached hydrogens (tertiary/aromatic N) is 2. The molecule has 4 rings (SSSR count). The Bertz CT molecular complexity index is 1330. The second-order valence-corrected chi connectivity index (χ2v) is 10.5. The summed E-state index contributed by atoms with van der Waals surface area (Å²) >= 11 is 0. The van der Waals surface area contributed by atoms with E-state index in [0.29, 0.717) is 11.3 Å². The molecule has 1 aliphatic carbocycles.